The molecule has 2 N–H and O–H groups in total. The molecule has 3 aromatic heterocycles. The van der Waals surface area contributed by atoms with Crippen LogP contribution in [0, 0.1) is 0 Å². The van der Waals surface area contributed by atoms with Crippen molar-refractivity contribution in [2.75, 3.05) is 5.73 Å². The highest BCUT2D eigenvalue weighted by Gasteiger charge is 2.41. The zero-order chi connectivity index (χ0) is 18.6. The van der Waals surface area contributed by atoms with Gasteiger partial charge in [0.2, 0.25) is 0 Å². The minimum Gasteiger partial charge on any atom is -0.383 e. The second-order valence-corrected chi connectivity index (χ2v) is 6.11. The number of rotatable bonds is 2. The maximum atomic E-state index is 13.3. The summed E-state index contributed by atoms with van der Waals surface area (Å²) in [5, 5.41) is 7.34. The van der Waals surface area contributed by atoms with E-state index in [1.54, 1.807) is 7.05 Å². The third-order valence-corrected chi connectivity index (χ3v) is 4.39. The molecule has 0 aliphatic rings. The summed E-state index contributed by atoms with van der Waals surface area (Å²) >= 11 is 0.167. The molecule has 0 aromatic carbocycles. The second kappa shape index (κ2) is 5.51. The highest BCUT2D eigenvalue weighted by molar-refractivity contribution is 7.15. The van der Waals surface area contributed by atoms with Gasteiger partial charge < -0.3 is 5.73 Å². The maximum Gasteiger partial charge on any atom is 0.435 e. The molecule has 0 aliphatic heterocycles. The van der Waals surface area contributed by atoms with Crippen LogP contribution in [0.2, 0.25) is 0 Å². The first-order valence-corrected chi connectivity index (χ1v) is 7.43. The number of nitrogen functional groups attached to an aromatic ring is 1. The molecular formula is C13H9F6N5S. The molecule has 0 spiro atoms. The van der Waals surface area contributed by atoms with Gasteiger partial charge in [0.15, 0.2) is 11.5 Å². The average Bonchev–Trinajstić information content (AvgIpc) is 3.14. The lowest BCUT2D eigenvalue weighted by atomic mass is 10.2. The molecular weight excluding hydrogens is 372 g/mol. The summed E-state index contributed by atoms with van der Waals surface area (Å²) in [5.41, 5.74) is 3.80. The van der Waals surface area contributed by atoms with Crippen LogP contribution in [-0.2, 0) is 19.4 Å². The Morgan fingerprint density at radius 2 is 1.68 bits per heavy atom. The summed E-state index contributed by atoms with van der Waals surface area (Å²) in [6, 6.07) is 3.03. The van der Waals surface area contributed by atoms with Crippen molar-refractivity contribution in [3.8, 4) is 16.3 Å². The van der Waals surface area contributed by atoms with E-state index in [9.17, 15) is 26.3 Å². The number of nitrogens with zero attached hydrogens (tertiary/aromatic N) is 4. The van der Waals surface area contributed by atoms with E-state index in [4.69, 9.17) is 5.73 Å². The van der Waals surface area contributed by atoms with Crippen LogP contribution in [0.15, 0.2) is 24.4 Å². The first-order valence-electron chi connectivity index (χ1n) is 6.61. The molecule has 0 bridgehead atoms. The average molecular weight is 381 g/mol. The van der Waals surface area contributed by atoms with Gasteiger partial charge >= 0.3 is 12.4 Å². The number of hydrogen-bond donors (Lipinski definition) is 1. The Balaban J connectivity index is 2.21. The number of alkyl halides is 6. The lowest BCUT2D eigenvalue weighted by Crippen LogP contribution is -2.08. The zero-order valence-corrected chi connectivity index (χ0v) is 13.2. The predicted octanol–water partition coefficient (Wildman–Crippen LogP) is 3.95. The molecule has 0 saturated carbocycles. The molecule has 5 nitrogen and oxygen atoms in total. The lowest BCUT2D eigenvalue weighted by Gasteiger charge is -2.05. The third-order valence-electron chi connectivity index (χ3n) is 3.24. The summed E-state index contributed by atoms with van der Waals surface area (Å²) in [7, 11) is 1.55. The Labute approximate surface area is 140 Å². The molecule has 12 heteroatoms. The first-order chi connectivity index (χ1) is 11.5. The fraction of sp³-hybridized carbons (Fsp3) is 0.231. The lowest BCUT2D eigenvalue weighted by molar-refractivity contribution is -0.140. The molecule has 0 saturated heterocycles. The molecule has 3 aromatic rings. The summed E-state index contributed by atoms with van der Waals surface area (Å²) in [4.78, 5) is -1.31. The quantitative estimate of drug-likeness (QED) is 0.684. The number of halogens is 6. The zero-order valence-electron chi connectivity index (χ0n) is 12.4. The summed E-state index contributed by atoms with van der Waals surface area (Å²) in [5.74, 6) is -0.425. The van der Waals surface area contributed by atoms with Crippen molar-refractivity contribution < 1.29 is 26.3 Å². The van der Waals surface area contributed by atoms with Crippen molar-refractivity contribution in [3.63, 3.8) is 0 Å². The number of nitrogens with two attached hydrogens (primary N) is 1. The van der Waals surface area contributed by atoms with Gasteiger partial charge in [-0.1, -0.05) is 0 Å². The van der Waals surface area contributed by atoms with Crippen LogP contribution in [0.25, 0.3) is 16.3 Å². The molecule has 3 heterocycles. The molecule has 0 aliphatic carbocycles. The van der Waals surface area contributed by atoms with Gasteiger partial charge in [-0.15, -0.1) is 11.3 Å². The standard InChI is InChI=1S/C13H9F6N5S/c1-23-5-4-8(21-23)24-11(20)9(10(22-24)13(17,18)19)6-2-3-7(25-6)12(14,15)16/h2-5H,20H2,1H3. The van der Waals surface area contributed by atoms with Crippen molar-refractivity contribution in [1.29, 1.82) is 0 Å². The second-order valence-electron chi connectivity index (χ2n) is 5.03. The number of aryl methyl sites for hydroxylation is 1. The SMILES string of the molecule is Cn1ccc(-n2nc(C(F)(F)F)c(-c3ccc(C(F)(F)F)s3)c2N)n1. The van der Waals surface area contributed by atoms with Gasteiger partial charge in [0.1, 0.15) is 10.7 Å². The first kappa shape index (κ1) is 17.3. The minimum absolute atomic E-state index is 0.0179. The Bertz CT molecular complexity index is 916. The Morgan fingerprint density at radius 3 is 2.16 bits per heavy atom. The van der Waals surface area contributed by atoms with Crippen LogP contribution < -0.4 is 5.73 Å². The Hall–Kier alpha value is -2.50. The van der Waals surface area contributed by atoms with Crippen molar-refractivity contribution >= 4 is 17.2 Å². The van der Waals surface area contributed by atoms with E-state index in [2.05, 4.69) is 10.2 Å². The fourth-order valence-corrected chi connectivity index (χ4v) is 3.12. The third kappa shape index (κ3) is 3.08. The largest absolute Gasteiger partial charge is 0.435 e. The van der Waals surface area contributed by atoms with Crippen molar-refractivity contribution in [1.82, 2.24) is 19.6 Å². The Kier molecular flexibility index (Phi) is 3.82. The van der Waals surface area contributed by atoms with Crippen LogP contribution in [0.1, 0.15) is 10.6 Å². The van der Waals surface area contributed by atoms with E-state index in [1.807, 2.05) is 0 Å². The number of anilines is 1. The summed E-state index contributed by atoms with van der Waals surface area (Å²) in [6.45, 7) is 0. The van der Waals surface area contributed by atoms with Crippen molar-refractivity contribution in [3.05, 3.63) is 35.0 Å². The topological polar surface area (TPSA) is 61.7 Å². The van der Waals surface area contributed by atoms with E-state index in [0.717, 1.165) is 10.7 Å². The molecule has 25 heavy (non-hydrogen) atoms. The number of aromatic nitrogens is 4. The van der Waals surface area contributed by atoms with E-state index < -0.39 is 34.3 Å². The van der Waals surface area contributed by atoms with Gasteiger partial charge in [-0.3, -0.25) is 4.68 Å². The van der Waals surface area contributed by atoms with Gasteiger partial charge in [-0.25, -0.2) is 0 Å². The minimum atomic E-state index is -4.90. The van der Waals surface area contributed by atoms with E-state index in [1.165, 1.54) is 16.9 Å². The Morgan fingerprint density at radius 1 is 1.00 bits per heavy atom. The van der Waals surface area contributed by atoms with Gasteiger partial charge in [0.05, 0.1) is 5.56 Å². The monoisotopic (exact) mass is 381 g/mol. The van der Waals surface area contributed by atoms with Crippen LogP contribution in [-0.4, -0.2) is 19.6 Å². The molecule has 0 atom stereocenters. The van der Waals surface area contributed by atoms with Crippen LogP contribution in [0.5, 0.6) is 0 Å². The van der Waals surface area contributed by atoms with Crippen LogP contribution in [0.4, 0.5) is 32.2 Å². The van der Waals surface area contributed by atoms with Gasteiger partial charge in [0, 0.05) is 24.2 Å². The molecule has 0 amide bonds. The molecule has 0 radical (unpaired) electrons. The summed E-state index contributed by atoms with van der Waals surface area (Å²) < 4.78 is 80.3. The predicted molar refractivity (Wildman–Crippen MR) is 78.1 cm³/mol. The highest BCUT2D eigenvalue weighted by Crippen LogP contribution is 2.45. The molecule has 0 unspecified atom stereocenters. The van der Waals surface area contributed by atoms with Crippen molar-refractivity contribution in [2.24, 2.45) is 7.05 Å². The van der Waals surface area contributed by atoms with E-state index in [-0.39, 0.29) is 22.0 Å². The van der Waals surface area contributed by atoms with Gasteiger partial charge in [-0.2, -0.15) is 41.2 Å². The van der Waals surface area contributed by atoms with Gasteiger partial charge in [-0.05, 0) is 12.1 Å². The number of thiophene rings is 1. The highest BCUT2D eigenvalue weighted by atomic mass is 32.1. The van der Waals surface area contributed by atoms with Crippen LogP contribution in [0.3, 0.4) is 0 Å². The summed E-state index contributed by atoms with van der Waals surface area (Å²) in [6.07, 6.45) is -8.09. The molecule has 3 rings (SSSR count). The fourth-order valence-electron chi connectivity index (χ4n) is 2.19. The van der Waals surface area contributed by atoms with E-state index in [0.29, 0.717) is 6.07 Å². The molecule has 134 valence electrons. The molecule has 0 fully saturated rings. The van der Waals surface area contributed by atoms with Gasteiger partial charge in [0.25, 0.3) is 0 Å². The maximum absolute atomic E-state index is 13.3. The van der Waals surface area contributed by atoms with Crippen LogP contribution >= 0.6 is 11.3 Å². The van der Waals surface area contributed by atoms with E-state index >= 15 is 0 Å². The van der Waals surface area contributed by atoms with Crippen molar-refractivity contribution in [2.45, 2.75) is 12.4 Å². The normalized spacial score (nSPS) is 12.8. The smallest absolute Gasteiger partial charge is 0.383 e. The number of hydrogen-bond acceptors (Lipinski definition) is 4.